The van der Waals surface area contributed by atoms with Gasteiger partial charge in [-0.15, -0.1) is 0 Å². The van der Waals surface area contributed by atoms with Crippen LogP contribution in [0.1, 0.15) is 24.2 Å². The lowest BCUT2D eigenvalue weighted by atomic mass is 9.95. The average Bonchev–Trinajstić information content (AvgIpc) is 2.40. The van der Waals surface area contributed by atoms with Crippen LogP contribution >= 0.6 is 11.6 Å². The average molecular weight is 299 g/mol. The van der Waals surface area contributed by atoms with Crippen molar-refractivity contribution < 1.29 is 14.3 Å². The molecule has 0 heterocycles. The van der Waals surface area contributed by atoms with Crippen LogP contribution in [0, 0.1) is 11.8 Å². The second kappa shape index (κ2) is 7.26. The summed E-state index contributed by atoms with van der Waals surface area (Å²) in [6.45, 7) is 4.09. The number of anilines is 1. The molecule has 0 bridgehead atoms. The van der Waals surface area contributed by atoms with E-state index in [9.17, 15) is 9.59 Å². The molecule has 0 aliphatic rings. The summed E-state index contributed by atoms with van der Waals surface area (Å²) in [5.74, 6) is -0.904. The van der Waals surface area contributed by atoms with Gasteiger partial charge in [0.15, 0.2) is 0 Å². The number of rotatable bonds is 5. The van der Waals surface area contributed by atoms with Gasteiger partial charge in [-0.25, -0.2) is 4.79 Å². The van der Waals surface area contributed by atoms with Crippen molar-refractivity contribution in [3.8, 4) is 0 Å². The highest BCUT2D eigenvalue weighted by atomic mass is 35.5. The number of hydrogen-bond acceptors (Lipinski definition) is 4. The number of carbonyl (C=O) groups excluding carboxylic acids is 2. The SMILES string of the molecule is COC(=O)c1ccc(Cl)c(NC(=O)C(CN)C(C)C)c1. The fraction of sp³-hybridized carbons (Fsp3) is 0.429. The summed E-state index contributed by atoms with van der Waals surface area (Å²) in [5.41, 5.74) is 6.29. The summed E-state index contributed by atoms with van der Waals surface area (Å²) in [6, 6.07) is 4.56. The van der Waals surface area contributed by atoms with Gasteiger partial charge in [-0.3, -0.25) is 4.79 Å². The fourth-order valence-electron chi connectivity index (χ4n) is 1.77. The first-order chi connectivity index (χ1) is 9.40. The molecule has 6 heteroatoms. The summed E-state index contributed by atoms with van der Waals surface area (Å²) >= 11 is 6.02. The van der Waals surface area contributed by atoms with Crippen molar-refractivity contribution in [2.24, 2.45) is 17.6 Å². The van der Waals surface area contributed by atoms with Crippen molar-refractivity contribution in [1.82, 2.24) is 0 Å². The molecule has 1 amide bonds. The number of ether oxygens (including phenoxy) is 1. The smallest absolute Gasteiger partial charge is 0.337 e. The second-order valence-electron chi connectivity index (χ2n) is 4.76. The summed E-state index contributed by atoms with van der Waals surface area (Å²) < 4.78 is 4.63. The first-order valence-corrected chi connectivity index (χ1v) is 6.67. The predicted octanol–water partition coefficient (Wildman–Crippen LogP) is 2.30. The summed E-state index contributed by atoms with van der Waals surface area (Å²) in [4.78, 5) is 23.6. The normalized spacial score (nSPS) is 12.1. The van der Waals surface area contributed by atoms with Crippen molar-refractivity contribution in [2.45, 2.75) is 13.8 Å². The van der Waals surface area contributed by atoms with Gasteiger partial charge in [0.2, 0.25) is 5.91 Å². The van der Waals surface area contributed by atoms with Crippen LogP contribution < -0.4 is 11.1 Å². The Morgan fingerprint density at radius 2 is 2.05 bits per heavy atom. The maximum absolute atomic E-state index is 12.1. The van der Waals surface area contributed by atoms with E-state index in [-0.39, 0.29) is 24.3 Å². The first kappa shape index (κ1) is 16.5. The highest BCUT2D eigenvalue weighted by Crippen LogP contribution is 2.24. The third kappa shape index (κ3) is 3.95. The van der Waals surface area contributed by atoms with E-state index in [2.05, 4.69) is 10.1 Å². The van der Waals surface area contributed by atoms with Gasteiger partial charge in [-0.1, -0.05) is 25.4 Å². The number of nitrogens with one attached hydrogen (secondary N) is 1. The molecule has 0 saturated heterocycles. The van der Waals surface area contributed by atoms with Gasteiger partial charge < -0.3 is 15.8 Å². The standard InChI is InChI=1S/C14H19ClN2O3/c1-8(2)10(7-16)13(18)17-12-6-9(14(19)20-3)4-5-11(12)15/h4-6,8,10H,7,16H2,1-3H3,(H,17,18). The van der Waals surface area contributed by atoms with Crippen molar-refractivity contribution in [3.05, 3.63) is 28.8 Å². The van der Waals surface area contributed by atoms with E-state index in [4.69, 9.17) is 17.3 Å². The van der Waals surface area contributed by atoms with Crippen LogP contribution in [0.4, 0.5) is 5.69 Å². The lowest BCUT2D eigenvalue weighted by molar-refractivity contribution is -0.120. The summed E-state index contributed by atoms with van der Waals surface area (Å²) in [6.07, 6.45) is 0. The number of amides is 1. The van der Waals surface area contributed by atoms with Crippen molar-refractivity contribution >= 4 is 29.2 Å². The number of hydrogen-bond donors (Lipinski definition) is 2. The molecule has 0 aliphatic carbocycles. The number of esters is 1. The molecule has 3 N–H and O–H groups in total. The Kier molecular flexibility index (Phi) is 5.98. The van der Waals surface area contributed by atoms with Gasteiger partial charge in [0.25, 0.3) is 0 Å². The van der Waals surface area contributed by atoms with E-state index in [1.807, 2.05) is 13.8 Å². The molecule has 1 atom stereocenters. The molecule has 0 spiro atoms. The monoisotopic (exact) mass is 298 g/mol. The lowest BCUT2D eigenvalue weighted by Crippen LogP contribution is -2.33. The maximum Gasteiger partial charge on any atom is 0.337 e. The zero-order valence-electron chi connectivity index (χ0n) is 11.8. The molecule has 0 aliphatic heterocycles. The third-order valence-corrected chi connectivity index (χ3v) is 3.37. The molecule has 20 heavy (non-hydrogen) atoms. The number of halogens is 1. The van der Waals surface area contributed by atoms with E-state index < -0.39 is 5.97 Å². The van der Waals surface area contributed by atoms with E-state index in [0.717, 1.165) is 0 Å². The zero-order valence-corrected chi connectivity index (χ0v) is 12.5. The van der Waals surface area contributed by atoms with E-state index in [0.29, 0.717) is 16.3 Å². The van der Waals surface area contributed by atoms with Crippen LogP contribution in [-0.2, 0) is 9.53 Å². The Morgan fingerprint density at radius 3 is 2.55 bits per heavy atom. The van der Waals surface area contributed by atoms with Crippen LogP contribution in [0.15, 0.2) is 18.2 Å². The molecule has 1 aromatic rings. The number of methoxy groups -OCH3 is 1. The van der Waals surface area contributed by atoms with Crippen LogP contribution in [-0.4, -0.2) is 25.5 Å². The highest BCUT2D eigenvalue weighted by Gasteiger charge is 2.21. The van der Waals surface area contributed by atoms with Gasteiger partial charge >= 0.3 is 5.97 Å². The van der Waals surface area contributed by atoms with E-state index >= 15 is 0 Å². The molecule has 1 aromatic carbocycles. The van der Waals surface area contributed by atoms with Crippen LogP contribution in [0.3, 0.4) is 0 Å². The highest BCUT2D eigenvalue weighted by molar-refractivity contribution is 6.33. The van der Waals surface area contributed by atoms with Crippen LogP contribution in [0.5, 0.6) is 0 Å². The number of nitrogens with two attached hydrogens (primary N) is 1. The first-order valence-electron chi connectivity index (χ1n) is 6.29. The Balaban J connectivity index is 2.96. The van der Waals surface area contributed by atoms with Gasteiger partial charge in [-0.05, 0) is 24.1 Å². The molecule has 0 fully saturated rings. The Bertz CT molecular complexity index is 503. The van der Waals surface area contributed by atoms with E-state index in [1.165, 1.54) is 25.3 Å². The fourth-order valence-corrected chi connectivity index (χ4v) is 1.94. The minimum atomic E-state index is -0.489. The van der Waals surface area contributed by atoms with E-state index in [1.54, 1.807) is 0 Å². The number of carbonyl (C=O) groups is 2. The minimum Gasteiger partial charge on any atom is -0.465 e. The van der Waals surface area contributed by atoms with Gasteiger partial charge in [0, 0.05) is 6.54 Å². The molecule has 0 aromatic heterocycles. The van der Waals surface area contributed by atoms with Crippen molar-refractivity contribution in [3.63, 3.8) is 0 Å². The Labute approximate surface area is 123 Å². The van der Waals surface area contributed by atoms with Crippen LogP contribution in [0.2, 0.25) is 5.02 Å². The molecule has 0 radical (unpaired) electrons. The van der Waals surface area contributed by atoms with Crippen LogP contribution in [0.25, 0.3) is 0 Å². The molecule has 0 saturated carbocycles. The lowest BCUT2D eigenvalue weighted by Gasteiger charge is -2.19. The van der Waals surface area contributed by atoms with Gasteiger partial charge in [0.1, 0.15) is 0 Å². The second-order valence-corrected chi connectivity index (χ2v) is 5.17. The zero-order chi connectivity index (χ0) is 15.3. The Hall–Kier alpha value is -1.59. The Morgan fingerprint density at radius 1 is 1.40 bits per heavy atom. The number of benzene rings is 1. The van der Waals surface area contributed by atoms with Crippen molar-refractivity contribution in [1.29, 1.82) is 0 Å². The quantitative estimate of drug-likeness (QED) is 0.817. The maximum atomic E-state index is 12.1. The molecule has 1 rings (SSSR count). The topological polar surface area (TPSA) is 81.4 Å². The molecule has 110 valence electrons. The molecular formula is C14H19ClN2O3. The van der Waals surface area contributed by atoms with Gasteiger partial charge in [0.05, 0.1) is 29.3 Å². The summed E-state index contributed by atoms with van der Waals surface area (Å²) in [7, 11) is 1.29. The third-order valence-electron chi connectivity index (χ3n) is 3.04. The summed E-state index contributed by atoms with van der Waals surface area (Å²) in [5, 5.41) is 3.06. The van der Waals surface area contributed by atoms with Gasteiger partial charge in [-0.2, -0.15) is 0 Å². The molecule has 1 unspecified atom stereocenters. The van der Waals surface area contributed by atoms with Crippen molar-refractivity contribution in [2.75, 3.05) is 19.0 Å². The largest absolute Gasteiger partial charge is 0.465 e. The predicted molar refractivity (Wildman–Crippen MR) is 78.8 cm³/mol. The minimum absolute atomic E-state index is 0.113. The molecular weight excluding hydrogens is 280 g/mol. The molecule has 5 nitrogen and oxygen atoms in total.